The van der Waals surface area contributed by atoms with E-state index in [9.17, 15) is 5.11 Å². The average molecular weight is 250 g/mol. The Morgan fingerprint density at radius 1 is 1.33 bits per heavy atom. The number of rotatable bonds is 4. The van der Waals surface area contributed by atoms with Crippen LogP contribution in [-0.4, -0.2) is 56.4 Å². The molecule has 1 aliphatic rings. The van der Waals surface area contributed by atoms with E-state index in [0.29, 0.717) is 0 Å². The van der Waals surface area contributed by atoms with E-state index in [1.54, 1.807) is 7.11 Å². The number of likely N-dealkylation sites (N-methyl/N-ethyl adjacent to an activating group) is 1. The second-order valence-corrected chi connectivity index (χ2v) is 5.15. The van der Waals surface area contributed by atoms with E-state index in [1.165, 1.54) is 5.69 Å². The molecule has 100 valence electrons. The summed E-state index contributed by atoms with van der Waals surface area (Å²) in [6, 6.07) is 8.10. The van der Waals surface area contributed by atoms with Crippen LogP contribution in [0.2, 0.25) is 0 Å². The number of anilines is 1. The Morgan fingerprint density at radius 3 is 2.44 bits per heavy atom. The Morgan fingerprint density at radius 2 is 2.00 bits per heavy atom. The Hall–Kier alpha value is -1.26. The molecular formula is C14H22N2O2. The van der Waals surface area contributed by atoms with Crippen molar-refractivity contribution in [3.05, 3.63) is 24.3 Å². The summed E-state index contributed by atoms with van der Waals surface area (Å²) < 4.78 is 5.17. The first-order chi connectivity index (χ1) is 8.61. The third-order valence-corrected chi connectivity index (χ3v) is 4.01. The van der Waals surface area contributed by atoms with Crippen LogP contribution in [0.3, 0.4) is 0 Å². The van der Waals surface area contributed by atoms with Crippen LogP contribution in [0.4, 0.5) is 5.69 Å². The van der Waals surface area contributed by atoms with Gasteiger partial charge < -0.3 is 14.7 Å². The molecular weight excluding hydrogens is 228 g/mol. The zero-order valence-electron chi connectivity index (χ0n) is 11.4. The summed E-state index contributed by atoms with van der Waals surface area (Å²) in [7, 11) is 5.75. The summed E-state index contributed by atoms with van der Waals surface area (Å²) in [5, 5.41) is 9.65. The van der Waals surface area contributed by atoms with Crippen LogP contribution in [0.25, 0.3) is 0 Å². The quantitative estimate of drug-likeness (QED) is 0.871. The highest BCUT2D eigenvalue weighted by Gasteiger charge is 2.39. The normalized spacial score (nSPS) is 23.7. The van der Waals surface area contributed by atoms with E-state index in [1.807, 2.05) is 26.2 Å². The van der Waals surface area contributed by atoms with Crippen LogP contribution < -0.4 is 9.64 Å². The molecule has 0 aromatic heterocycles. The molecule has 0 bridgehead atoms. The molecule has 1 fully saturated rings. The standard InChI is InChI=1S/C14H22N2O2/c1-15(2)14(11-17)8-9-16(10-14)12-4-6-13(18-3)7-5-12/h4-7,17H,8-11H2,1-3H3. The van der Waals surface area contributed by atoms with Crippen LogP contribution in [-0.2, 0) is 0 Å². The van der Waals surface area contributed by atoms with Crippen molar-refractivity contribution in [1.82, 2.24) is 4.90 Å². The van der Waals surface area contributed by atoms with Gasteiger partial charge in [0.2, 0.25) is 0 Å². The molecule has 1 aromatic rings. The molecule has 1 atom stereocenters. The molecule has 0 amide bonds. The minimum atomic E-state index is -0.111. The largest absolute Gasteiger partial charge is 0.497 e. The summed E-state index contributed by atoms with van der Waals surface area (Å²) in [6.45, 7) is 2.04. The number of methoxy groups -OCH3 is 1. The molecule has 0 radical (unpaired) electrons. The molecule has 1 N–H and O–H groups in total. The second-order valence-electron chi connectivity index (χ2n) is 5.15. The summed E-state index contributed by atoms with van der Waals surface area (Å²) in [4.78, 5) is 4.45. The first kappa shape index (κ1) is 13.2. The van der Waals surface area contributed by atoms with Crippen LogP contribution in [0.5, 0.6) is 5.75 Å². The molecule has 2 rings (SSSR count). The highest BCUT2D eigenvalue weighted by atomic mass is 16.5. The fourth-order valence-electron chi connectivity index (χ4n) is 2.51. The molecule has 4 nitrogen and oxygen atoms in total. The summed E-state index contributed by atoms with van der Waals surface area (Å²) >= 11 is 0. The van der Waals surface area contributed by atoms with Crippen molar-refractivity contribution >= 4 is 5.69 Å². The zero-order chi connectivity index (χ0) is 13.2. The number of aliphatic hydroxyl groups excluding tert-OH is 1. The van der Waals surface area contributed by atoms with Gasteiger partial charge in [0.1, 0.15) is 5.75 Å². The predicted octanol–water partition coefficient (Wildman–Crippen LogP) is 1.20. The third-order valence-electron chi connectivity index (χ3n) is 4.01. The van der Waals surface area contributed by atoms with Crippen molar-refractivity contribution in [3.8, 4) is 5.75 Å². The van der Waals surface area contributed by atoms with Gasteiger partial charge in [-0.25, -0.2) is 0 Å². The van der Waals surface area contributed by atoms with Crippen LogP contribution in [0, 0.1) is 0 Å². The fourth-order valence-corrected chi connectivity index (χ4v) is 2.51. The molecule has 18 heavy (non-hydrogen) atoms. The van der Waals surface area contributed by atoms with Gasteiger partial charge in [-0.05, 0) is 44.8 Å². The molecule has 0 saturated carbocycles. The van der Waals surface area contributed by atoms with Crippen molar-refractivity contribution in [2.24, 2.45) is 0 Å². The monoisotopic (exact) mass is 250 g/mol. The highest BCUT2D eigenvalue weighted by Crippen LogP contribution is 2.30. The first-order valence-electron chi connectivity index (χ1n) is 6.28. The lowest BCUT2D eigenvalue weighted by Gasteiger charge is -2.34. The molecule has 1 aliphatic heterocycles. The maximum Gasteiger partial charge on any atom is 0.119 e. The Labute approximate surface area is 109 Å². The van der Waals surface area contributed by atoms with E-state index in [2.05, 4.69) is 21.9 Å². The molecule has 4 heteroatoms. The number of benzene rings is 1. The summed E-state index contributed by atoms with van der Waals surface area (Å²) in [5.41, 5.74) is 1.08. The van der Waals surface area contributed by atoms with E-state index in [4.69, 9.17) is 4.74 Å². The van der Waals surface area contributed by atoms with Gasteiger partial charge in [-0.3, -0.25) is 4.90 Å². The number of nitrogens with zero attached hydrogens (tertiary/aromatic N) is 2. The number of hydrogen-bond donors (Lipinski definition) is 1. The van der Waals surface area contributed by atoms with Gasteiger partial charge in [-0.2, -0.15) is 0 Å². The topological polar surface area (TPSA) is 35.9 Å². The van der Waals surface area contributed by atoms with Crippen LogP contribution in [0.1, 0.15) is 6.42 Å². The lowest BCUT2D eigenvalue weighted by Crippen LogP contribution is -2.49. The van der Waals surface area contributed by atoms with Crippen LogP contribution >= 0.6 is 0 Å². The minimum Gasteiger partial charge on any atom is -0.497 e. The van der Waals surface area contributed by atoms with Gasteiger partial charge in [0.15, 0.2) is 0 Å². The zero-order valence-corrected chi connectivity index (χ0v) is 11.4. The molecule has 1 unspecified atom stereocenters. The first-order valence-corrected chi connectivity index (χ1v) is 6.28. The molecule has 1 heterocycles. The fraction of sp³-hybridized carbons (Fsp3) is 0.571. The summed E-state index contributed by atoms with van der Waals surface area (Å²) in [5.74, 6) is 0.874. The number of aliphatic hydroxyl groups is 1. The molecule has 1 saturated heterocycles. The molecule has 0 spiro atoms. The van der Waals surface area contributed by atoms with Gasteiger partial charge in [0, 0.05) is 18.8 Å². The summed E-state index contributed by atoms with van der Waals surface area (Å²) in [6.07, 6.45) is 0.989. The lowest BCUT2D eigenvalue weighted by molar-refractivity contribution is 0.0867. The molecule has 1 aromatic carbocycles. The Balaban J connectivity index is 2.12. The van der Waals surface area contributed by atoms with Crippen molar-refractivity contribution in [2.45, 2.75) is 12.0 Å². The van der Waals surface area contributed by atoms with Gasteiger partial charge in [-0.1, -0.05) is 0 Å². The van der Waals surface area contributed by atoms with E-state index in [-0.39, 0.29) is 12.1 Å². The smallest absolute Gasteiger partial charge is 0.119 e. The Kier molecular flexibility index (Phi) is 3.78. The van der Waals surface area contributed by atoms with Crippen molar-refractivity contribution < 1.29 is 9.84 Å². The predicted molar refractivity (Wildman–Crippen MR) is 73.3 cm³/mol. The minimum absolute atomic E-state index is 0.111. The van der Waals surface area contributed by atoms with Crippen LogP contribution in [0.15, 0.2) is 24.3 Å². The average Bonchev–Trinajstić information content (AvgIpc) is 2.84. The Bertz CT molecular complexity index is 391. The molecule has 0 aliphatic carbocycles. The SMILES string of the molecule is COc1ccc(N2CCC(CO)(N(C)C)C2)cc1. The second kappa shape index (κ2) is 5.16. The number of hydrogen-bond acceptors (Lipinski definition) is 4. The van der Waals surface area contributed by atoms with E-state index in [0.717, 1.165) is 25.3 Å². The third kappa shape index (κ3) is 2.31. The highest BCUT2D eigenvalue weighted by molar-refractivity contribution is 5.50. The number of ether oxygens (including phenoxy) is 1. The van der Waals surface area contributed by atoms with E-state index >= 15 is 0 Å². The van der Waals surface area contributed by atoms with Crippen molar-refractivity contribution in [2.75, 3.05) is 45.8 Å². The van der Waals surface area contributed by atoms with Crippen molar-refractivity contribution in [3.63, 3.8) is 0 Å². The van der Waals surface area contributed by atoms with Gasteiger partial charge in [-0.15, -0.1) is 0 Å². The van der Waals surface area contributed by atoms with E-state index < -0.39 is 0 Å². The van der Waals surface area contributed by atoms with Crippen molar-refractivity contribution in [1.29, 1.82) is 0 Å². The lowest BCUT2D eigenvalue weighted by atomic mass is 9.99. The van der Waals surface area contributed by atoms with Gasteiger partial charge in [0.05, 0.1) is 19.3 Å². The van der Waals surface area contributed by atoms with Gasteiger partial charge in [0.25, 0.3) is 0 Å². The van der Waals surface area contributed by atoms with Gasteiger partial charge >= 0.3 is 0 Å². The maximum absolute atomic E-state index is 9.65. The maximum atomic E-state index is 9.65.